The number of thioether (sulfide) groups is 1. The van der Waals surface area contributed by atoms with E-state index < -0.39 is 12.0 Å². The molecular weight excluding hydrogens is 377 g/mol. The molecule has 0 aliphatic carbocycles. The molecule has 0 aromatic carbocycles. The Morgan fingerprint density at radius 2 is 1.36 bits per heavy atom. The molecule has 0 amide bonds. The van der Waals surface area contributed by atoms with Gasteiger partial charge in [-0.1, -0.05) is 90.4 Å². The van der Waals surface area contributed by atoms with Crippen LogP contribution in [0.3, 0.4) is 0 Å². The average molecular weight is 419 g/mol. The molecule has 0 aliphatic heterocycles. The van der Waals surface area contributed by atoms with Gasteiger partial charge in [0, 0.05) is 0 Å². The molecule has 0 heterocycles. The molecule has 3 nitrogen and oxygen atoms in total. The molecular formula is C20H41CoNO2S. The van der Waals surface area contributed by atoms with Gasteiger partial charge in [0.2, 0.25) is 0 Å². The third kappa shape index (κ3) is 29.3. The van der Waals surface area contributed by atoms with Gasteiger partial charge >= 0.3 is 16.8 Å². The number of carbonyl (C=O) groups is 1. The quantitative estimate of drug-likeness (QED) is 0.214. The SMILES string of the molecule is CSCC[C@H]([NH-])C(=O)O.[CH2-]CCCCCCCCCCCCCC.[Co+2]. The van der Waals surface area contributed by atoms with Crippen molar-refractivity contribution in [3.8, 4) is 0 Å². The van der Waals surface area contributed by atoms with E-state index in [1.54, 1.807) is 11.8 Å². The first kappa shape index (κ1) is 30.0. The van der Waals surface area contributed by atoms with Gasteiger partial charge in [0.25, 0.3) is 5.97 Å². The van der Waals surface area contributed by atoms with E-state index in [1.165, 1.54) is 77.0 Å². The zero-order valence-electron chi connectivity index (χ0n) is 16.5. The summed E-state index contributed by atoms with van der Waals surface area (Å²) in [6.45, 7) is 6.15. The Morgan fingerprint density at radius 1 is 0.960 bits per heavy atom. The zero-order valence-corrected chi connectivity index (χ0v) is 18.3. The average Bonchev–Trinajstić information content (AvgIpc) is 2.58. The zero-order chi connectivity index (χ0) is 18.5. The number of hydrogen-bond donors (Lipinski definition) is 1. The standard InChI is InChI=1S/C15H31.C5H10NO2S.Co/c1-3-5-7-9-11-13-15-14-12-10-8-6-4-2;1-9-3-2-4(6)5(7)8;/h1,3-15H2,2H3;4,6H,2-3H2,1H3,(H,7,8);/q2*-1;+2/t;4-;/m.0./s1. The molecule has 5 heteroatoms. The molecule has 0 aromatic heterocycles. The molecule has 2 N–H and O–H groups in total. The van der Waals surface area contributed by atoms with Gasteiger partial charge in [0.1, 0.15) is 0 Å². The predicted octanol–water partition coefficient (Wildman–Crippen LogP) is 7.15. The topological polar surface area (TPSA) is 61.1 Å². The van der Waals surface area contributed by atoms with Crippen LogP contribution in [0.5, 0.6) is 0 Å². The van der Waals surface area contributed by atoms with Gasteiger partial charge in [-0.3, -0.25) is 4.79 Å². The Hall–Kier alpha value is 0.286. The van der Waals surface area contributed by atoms with Crippen LogP contribution < -0.4 is 0 Å². The van der Waals surface area contributed by atoms with Crippen LogP contribution in [0.1, 0.15) is 96.8 Å². The molecule has 1 atom stereocenters. The number of hydrogen-bond acceptors (Lipinski definition) is 2. The van der Waals surface area contributed by atoms with E-state index in [-0.39, 0.29) is 16.8 Å². The van der Waals surface area contributed by atoms with Gasteiger partial charge in [-0.2, -0.15) is 18.2 Å². The van der Waals surface area contributed by atoms with E-state index in [1.807, 2.05) is 6.26 Å². The van der Waals surface area contributed by atoms with Gasteiger partial charge in [-0.15, -0.1) is 0 Å². The molecule has 0 aliphatic rings. The normalized spacial score (nSPS) is 11.2. The maximum absolute atomic E-state index is 10.0. The summed E-state index contributed by atoms with van der Waals surface area (Å²) in [5.41, 5.74) is 6.92. The summed E-state index contributed by atoms with van der Waals surface area (Å²) in [5.74, 6) is -0.274. The summed E-state index contributed by atoms with van der Waals surface area (Å²) >= 11 is 1.56. The third-order valence-corrected chi connectivity index (χ3v) is 4.66. The van der Waals surface area contributed by atoms with Crippen LogP contribution >= 0.6 is 11.8 Å². The Labute approximate surface area is 171 Å². The van der Waals surface area contributed by atoms with Crippen LogP contribution in [-0.4, -0.2) is 29.1 Å². The Balaban J connectivity index is -0.000000418. The van der Waals surface area contributed by atoms with E-state index in [0.29, 0.717) is 6.42 Å². The van der Waals surface area contributed by atoms with Crippen molar-refractivity contribution < 1.29 is 26.7 Å². The Bertz CT molecular complexity index is 244. The monoisotopic (exact) mass is 418 g/mol. The maximum Gasteiger partial charge on any atom is 2.00 e. The summed E-state index contributed by atoms with van der Waals surface area (Å²) in [6, 6.07) is -0.933. The first-order valence-electron chi connectivity index (χ1n) is 9.82. The van der Waals surface area contributed by atoms with Gasteiger partial charge in [0.15, 0.2) is 0 Å². The molecule has 0 fully saturated rings. The van der Waals surface area contributed by atoms with Crippen molar-refractivity contribution in [3.05, 3.63) is 12.7 Å². The largest absolute Gasteiger partial charge is 2.00 e. The fraction of sp³-hybridized carbons (Fsp3) is 0.900. The molecule has 0 aromatic rings. The van der Waals surface area contributed by atoms with Crippen LogP contribution in [0.4, 0.5) is 0 Å². The number of unbranched alkanes of at least 4 members (excludes halogenated alkanes) is 12. The van der Waals surface area contributed by atoms with Crippen LogP contribution in [0.2, 0.25) is 0 Å². The first-order chi connectivity index (χ1) is 11.6. The summed E-state index contributed by atoms with van der Waals surface area (Å²) in [5, 5.41) is 8.21. The van der Waals surface area contributed by atoms with Gasteiger partial charge in [0.05, 0.1) is 0 Å². The van der Waals surface area contributed by atoms with Crippen LogP contribution in [0.15, 0.2) is 0 Å². The number of rotatable bonds is 16. The van der Waals surface area contributed by atoms with Crippen molar-refractivity contribution in [1.82, 2.24) is 0 Å². The molecule has 0 saturated carbocycles. The van der Waals surface area contributed by atoms with E-state index in [2.05, 4.69) is 13.8 Å². The molecule has 0 unspecified atom stereocenters. The van der Waals surface area contributed by atoms with Crippen LogP contribution in [0, 0.1) is 6.92 Å². The van der Waals surface area contributed by atoms with E-state index in [4.69, 9.17) is 10.8 Å². The third-order valence-electron chi connectivity index (χ3n) is 4.01. The number of carboxylic acid groups (broad SMARTS) is 1. The van der Waals surface area contributed by atoms with Crippen molar-refractivity contribution in [3.63, 3.8) is 0 Å². The molecule has 0 bridgehead atoms. The van der Waals surface area contributed by atoms with Gasteiger partial charge in [-0.05, 0) is 18.1 Å². The molecule has 0 rings (SSSR count). The number of carboxylic acids is 1. The summed E-state index contributed by atoms with van der Waals surface area (Å²) in [6.07, 6.45) is 20.7. The maximum atomic E-state index is 10.0. The number of aliphatic carboxylic acids is 1. The van der Waals surface area contributed by atoms with Crippen molar-refractivity contribution in [1.29, 1.82) is 0 Å². The second-order valence-corrected chi connectivity index (χ2v) is 7.40. The van der Waals surface area contributed by atoms with Crippen molar-refractivity contribution in [2.24, 2.45) is 0 Å². The summed E-state index contributed by atoms with van der Waals surface area (Å²) in [4.78, 5) is 10.0. The van der Waals surface area contributed by atoms with Gasteiger partial charge in [-0.25, -0.2) is 0 Å². The van der Waals surface area contributed by atoms with Crippen molar-refractivity contribution in [2.75, 3.05) is 12.0 Å². The second-order valence-electron chi connectivity index (χ2n) is 6.41. The van der Waals surface area contributed by atoms with Crippen LogP contribution in [-0.2, 0) is 21.6 Å². The summed E-state index contributed by atoms with van der Waals surface area (Å²) in [7, 11) is 0. The predicted molar refractivity (Wildman–Crippen MR) is 110 cm³/mol. The van der Waals surface area contributed by atoms with E-state index >= 15 is 0 Å². The number of nitrogens with one attached hydrogen (secondary N) is 1. The van der Waals surface area contributed by atoms with E-state index in [9.17, 15) is 4.79 Å². The fourth-order valence-electron chi connectivity index (χ4n) is 2.38. The summed E-state index contributed by atoms with van der Waals surface area (Å²) < 4.78 is 0. The molecule has 0 saturated heterocycles. The first-order valence-corrected chi connectivity index (χ1v) is 11.2. The van der Waals surface area contributed by atoms with Crippen molar-refractivity contribution in [2.45, 2.75) is 103 Å². The molecule has 0 spiro atoms. The molecule has 25 heavy (non-hydrogen) atoms. The Morgan fingerprint density at radius 3 is 1.68 bits per heavy atom. The van der Waals surface area contributed by atoms with E-state index in [0.717, 1.165) is 12.2 Å². The minimum Gasteiger partial charge on any atom is -0.665 e. The Kier molecular flexibility index (Phi) is 31.8. The molecule has 153 valence electrons. The van der Waals surface area contributed by atoms with Gasteiger partial charge < -0.3 is 17.8 Å². The fourth-order valence-corrected chi connectivity index (χ4v) is 2.85. The minimum atomic E-state index is -1.02. The minimum absolute atomic E-state index is 0. The second kappa shape index (κ2) is 26.5. The molecule has 1 radical (unpaired) electrons. The van der Waals surface area contributed by atoms with Crippen molar-refractivity contribution >= 4 is 17.7 Å². The van der Waals surface area contributed by atoms with Crippen LogP contribution in [0.25, 0.3) is 5.73 Å². The smallest absolute Gasteiger partial charge is 0.665 e.